The summed E-state index contributed by atoms with van der Waals surface area (Å²) in [6.45, 7) is 0.356. The van der Waals surface area contributed by atoms with Crippen LogP contribution in [0.15, 0.2) is 41.0 Å². The van der Waals surface area contributed by atoms with E-state index in [4.69, 9.17) is 4.42 Å². The predicted octanol–water partition coefficient (Wildman–Crippen LogP) is 2.61. The molecule has 1 aliphatic carbocycles. The number of carbonyl (C=O) groups is 1. The van der Waals surface area contributed by atoms with E-state index < -0.39 is 5.60 Å². The molecule has 0 saturated heterocycles. The van der Waals surface area contributed by atoms with E-state index in [2.05, 4.69) is 10.3 Å². The maximum Gasteiger partial charge on any atom is 0.230 e. The third-order valence-corrected chi connectivity index (χ3v) is 4.92. The first-order valence-electron chi connectivity index (χ1n) is 7.71. The van der Waals surface area contributed by atoms with Crippen LogP contribution in [0.4, 0.5) is 0 Å². The number of benzene rings is 1. The molecule has 0 bridgehead atoms. The number of hydrogen-bond acceptors (Lipinski definition) is 5. The Bertz CT molecular complexity index is 653. The van der Waals surface area contributed by atoms with Crippen molar-refractivity contribution in [2.24, 2.45) is 0 Å². The van der Waals surface area contributed by atoms with Gasteiger partial charge in [0, 0.05) is 17.9 Å². The van der Waals surface area contributed by atoms with Crippen molar-refractivity contribution < 1.29 is 14.3 Å². The van der Waals surface area contributed by atoms with Gasteiger partial charge in [0.2, 0.25) is 11.8 Å². The molecular formula is C17H20N2O3S. The second-order valence-electron chi connectivity index (χ2n) is 5.86. The molecule has 1 saturated carbocycles. The molecule has 1 aromatic carbocycles. The van der Waals surface area contributed by atoms with Crippen LogP contribution in [0.3, 0.4) is 0 Å². The molecule has 1 aliphatic rings. The van der Waals surface area contributed by atoms with Crippen molar-refractivity contribution in [3.05, 3.63) is 42.3 Å². The van der Waals surface area contributed by atoms with Crippen LogP contribution >= 0.6 is 11.8 Å². The van der Waals surface area contributed by atoms with Gasteiger partial charge in [0.15, 0.2) is 0 Å². The average molecular weight is 332 g/mol. The van der Waals surface area contributed by atoms with Gasteiger partial charge in [0.1, 0.15) is 6.26 Å². The Balaban J connectivity index is 1.40. The first kappa shape index (κ1) is 16.1. The highest BCUT2D eigenvalue weighted by Crippen LogP contribution is 2.30. The van der Waals surface area contributed by atoms with E-state index in [-0.39, 0.29) is 5.91 Å². The largest absolute Gasteiger partial charge is 0.444 e. The van der Waals surface area contributed by atoms with Crippen molar-refractivity contribution in [1.29, 1.82) is 0 Å². The highest BCUT2D eigenvalue weighted by atomic mass is 32.2. The molecule has 6 heteroatoms. The third-order valence-electron chi connectivity index (χ3n) is 3.95. The Morgan fingerprint density at radius 1 is 1.35 bits per heavy atom. The molecule has 0 aliphatic heterocycles. The van der Waals surface area contributed by atoms with Gasteiger partial charge < -0.3 is 14.8 Å². The zero-order valence-corrected chi connectivity index (χ0v) is 13.6. The van der Waals surface area contributed by atoms with Gasteiger partial charge in [-0.1, -0.05) is 18.2 Å². The first-order valence-corrected chi connectivity index (χ1v) is 8.87. The lowest BCUT2D eigenvalue weighted by Gasteiger charge is -2.36. The van der Waals surface area contributed by atoms with E-state index in [0.717, 1.165) is 30.5 Å². The number of aromatic nitrogens is 1. The summed E-state index contributed by atoms with van der Waals surface area (Å²) in [4.78, 5) is 16.2. The Morgan fingerprint density at radius 3 is 2.83 bits per heavy atom. The molecule has 1 aromatic heterocycles. The molecule has 1 heterocycles. The van der Waals surface area contributed by atoms with Crippen molar-refractivity contribution in [2.45, 2.75) is 30.6 Å². The van der Waals surface area contributed by atoms with Gasteiger partial charge in [-0.2, -0.15) is 0 Å². The summed E-state index contributed by atoms with van der Waals surface area (Å²) in [5, 5.41) is 12.7. The number of thioether (sulfide) groups is 1. The second kappa shape index (κ2) is 7.19. The Kier molecular flexibility index (Phi) is 5.03. The summed E-state index contributed by atoms with van der Waals surface area (Å²) in [6, 6.07) is 9.72. The smallest absolute Gasteiger partial charge is 0.230 e. The fourth-order valence-electron chi connectivity index (χ4n) is 2.41. The molecular weight excluding hydrogens is 312 g/mol. The molecule has 0 atom stereocenters. The number of aliphatic hydroxyl groups is 1. The van der Waals surface area contributed by atoms with Crippen LogP contribution in [0.25, 0.3) is 11.5 Å². The van der Waals surface area contributed by atoms with Gasteiger partial charge in [-0.15, -0.1) is 11.8 Å². The van der Waals surface area contributed by atoms with E-state index in [1.807, 2.05) is 30.3 Å². The number of nitrogens with one attached hydrogen (secondary N) is 1. The zero-order valence-electron chi connectivity index (χ0n) is 12.8. The highest BCUT2D eigenvalue weighted by molar-refractivity contribution is 7.99. The van der Waals surface area contributed by atoms with Gasteiger partial charge in [0.05, 0.1) is 17.0 Å². The molecule has 2 N–H and O–H groups in total. The molecule has 1 amide bonds. The lowest BCUT2D eigenvalue weighted by atomic mass is 9.80. The third kappa shape index (κ3) is 4.36. The number of nitrogens with zero attached hydrogens (tertiary/aromatic N) is 1. The lowest BCUT2D eigenvalue weighted by molar-refractivity contribution is -0.121. The molecule has 2 aromatic rings. The molecule has 0 spiro atoms. The summed E-state index contributed by atoms with van der Waals surface area (Å²) in [5.74, 6) is 1.51. The van der Waals surface area contributed by atoms with Crippen LogP contribution in [0.5, 0.6) is 0 Å². The van der Waals surface area contributed by atoms with Crippen LogP contribution in [0.1, 0.15) is 25.0 Å². The number of carbonyl (C=O) groups excluding carboxylic acids is 1. The maximum absolute atomic E-state index is 11.8. The van der Waals surface area contributed by atoms with E-state index >= 15 is 0 Å². The maximum atomic E-state index is 11.8. The van der Waals surface area contributed by atoms with Crippen molar-refractivity contribution >= 4 is 17.7 Å². The lowest BCUT2D eigenvalue weighted by Crippen LogP contribution is -2.48. The SMILES string of the molecule is O=C(CSCc1coc(-c2ccccc2)n1)NCC1(O)CCC1. The van der Waals surface area contributed by atoms with Crippen molar-refractivity contribution in [3.63, 3.8) is 0 Å². The summed E-state index contributed by atoms with van der Waals surface area (Å²) in [6.07, 6.45) is 4.23. The van der Waals surface area contributed by atoms with Gasteiger partial charge >= 0.3 is 0 Å². The van der Waals surface area contributed by atoms with Gasteiger partial charge in [-0.25, -0.2) is 4.98 Å². The standard InChI is InChI=1S/C17H20N2O3S/c20-15(18-12-17(21)7-4-8-17)11-23-10-14-9-22-16(19-14)13-5-2-1-3-6-13/h1-3,5-6,9,21H,4,7-8,10-12H2,(H,18,20). The number of rotatable bonds is 7. The predicted molar refractivity (Wildman–Crippen MR) is 89.9 cm³/mol. The Hall–Kier alpha value is -1.79. The molecule has 0 radical (unpaired) electrons. The summed E-state index contributed by atoms with van der Waals surface area (Å²) < 4.78 is 5.46. The minimum absolute atomic E-state index is 0.0536. The summed E-state index contributed by atoms with van der Waals surface area (Å²) in [5.41, 5.74) is 1.09. The second-order valence-corrected chi connectivity index (χ2v) is 6.84. The summed E-state index contributed by atoms with van der Waals surface area (Å²) >= 11 is 1.48. The van der Waals surface area contributed by atoms with Crippen LogP contribution in [-0.4, -0.2) is 33.9 Å². The minimum atomic E-state index is -0.670. The van der Waals surface area contributed by atoms with Crippen LogP contribution in [0.2, 0.25) is 0 Å². The molecule has 3 rings (SSSR count). The number of hydrogen-bond donors (Lipinski definition) is 2. The molecule has 5 nitrogen and oxygen atoms in total. The van der Waals surface area contributed by atoms with Crippen molar-refractivity contribution in [1.82, 2.24) is 10.3 Å². The number of amides is 1. The van der Waals surface area contributed by atoms with E-state index in [1.165, 1.54) is 11.8 Å². The van der Waals surface area contributed by atoms with Gasteiger partial charge in [-0.3, -0.25) is 4.79 Å². The van der Waals surface area contributed by atoms with Crippen LogP contribution in [-0.2, 0) is 10.5 Å². The van der Waals surface area contributed by atoms with Crippen molar-refractivity contribution in [2.75, 3.05) is 12.3 Å². The Labute approximate surface area is 139 Å². The topological polar surface area (TPSA) is 75.4 Å². The van der Waals surface area contributed by atoms with Crippen LogP contribution < -0.4 is 5.32 Å². The Morgan fingerprint density at radius 2 is 2.13 bits per heavy atom. The monoisotopic (exact) mass is 332 g/mol. The van der Waals surface area contributed by atoms with Crippen LogP contribution in [0, 0.1) is 0 Å². The number of oxazole rings is 1. The van der Waals surface area contributed by atoms with Gasteiger partial charge in [-0.05, 0) is 31.4 Å². The summed E-state index contributed by atoms with van der Waals surface area (Å²) in [7, 11) is 0. The molecule has 122 valence electrons. The fraction of sp³-hybridized carbons (Fsp3) is 0.412. The van der Waals surface area contributed by atoms with Crippen molar-refractivity contribution in [3.8, 4) is 11.5 Å². The van der Waals surface area contributed by atoms with Gasteiger partial charge in [0.25, 0.3) is 0 Å². The molecule has 0 unspecified atom stereocenters. The van der Waals surface area contributed by atoms with E-state index in [1.54, 1.807) is 6.26 Å². The molecule has 23 heavy (non-hydrogen) atoms. The van der Waals surface area contributed by atoms with E-state index in [0.29, 0.717) is 23.9 Å². The zero-order chi connectivity index (χ0) is 16.1. The average Bonchev–Trinajstić information content (AvgIpc) is 3.01. The van der Waals surface area contributed by atoms with E-state index in [9.17, 15) is 9.90 Å². The normalized spacial score (nSPS) is 15.9. The minimum Gasteiger partial charge on any atom is -0.444 e. The quantitative estimate of drug-likeness (QED) is 0.815. The highest BCUT2D eigenvalue weighted by Gasteiger charge is 2.34. The molecule has 1 fully saturated rings. The first-order chi connectivity index (χ1) is 11.1. The fourth-order valence-corrected chi connectivity index (χ4v) is 3.14.